The normalized spacial score (nSPS) is 27.3. The van der Waals surface area contributed by atoms with Crippen molar-refractivity contribution in [1.29, 1.82) is 0 Å². The topological polar surface area (TPSA) is 44.3 Å². The largest absolute Gasteiger partial charge is 0.392 e. The number of aliphatic hydroxyl groups is 1. The molecule has 0 aromatic rings. The van der Waals surface area contributed by atoms with E-state index >= 15 is 0 Å². The van der Waals surface area contributed by atoms with Gasteiger partial charge in [0.2, 0.25) is 0 Å². The second kappa shape index (κ2) is 4.70. The van der Waals surface area contributed by atoms with Gasteiger partial charge in [-0.25, -0.2) is 0 Å². The standard InChI is InChI=1S/C8H18N2O/c1-7(11)5-9-6-8-3-2-4-10-8/h7-11H,2-6H2,1H3/t7-,8?/m0/s1. The van der Waals surface area contributed by atoms with Gasteiger partial charge in [0.25, 0.3) is 0 Å². The van der Waals surface area contributed by atoms with Crippen LogP contribution < -0.4 is 10.6 Å². The van der Waals surface area contributed by atoms with Gasteiger partial charge in [-0.15, -0.1) is 0 Å². The molecule has 11 heavy (non-hydrogen) atoms. The zero-order chi connectivity index (χ0) is 8.10. The third kappa shape index (κ3) is 3.70. The number of nitrogens with one attached hydrogen (secondary N) is 2. The molecule has 66 valence electrons. The van der Waals surface area contributed by atoms with Crippen molar-refractivity contribution in [2.45, 2.75) is 31.9 Å². The van der Waals surface area contributed by atoms with Gasteiger partial charge in [-0.3, -0.25) is 0 Å². The molecule has 1 saturated heterocycles. The van der Waals surface area contributed by atoms with Crippen molar-refractivity contribution in [2.75, 3.05) is 19.6 Å². The lowest BCUT2D eigenvalue weighted by atomic mass is 10.2. The van der Waals surface area contributed by atoms with Crippen molar-refractivity contribution in [3.05, 3.63) is 0 Å². The van der Waals surface area contributed by atoms with Crippen LogP contribution in [0.5, 0.6) is 0 Å². The van der Waals surface area contributed by atoms with Gasteiger partial charge in [0.05, 0.1) is 6.10 Å². The van der Waals surface area contributed by atoms with Crippen LogP contribution in [0.25, 0.3) is 0 Å². The molecular formula is C8H18N2O. The Balaban J connectivity index is 1.94. The summed E-state index contributed by atoms with van der Waals surface area (Å²) in [6.45, 7) is 4.65. The molecular weight excluding hydrogens is 140 g/mol. The second-order valence-electron chi connectivity index (χ2n) is 3.30. The zero-order valence-electron chi connectivity index (χ0n) is 7.14. The highest BCUT2D eigenvalue weighted by Gasteiger charge is 2.12. The third-order valence-electron chi connectivity index (χ3n) is 1.99. The molecule has 0 spiro atoms. The molecule has 0 aromatic heterocycles. The summed E-state index contributed by atoms with van der Waals surface area (Å²) < 4.78 is 0. The van der Waals surface area contributed by atoms with Gasteiger partial charge in [-0.05, 0) is 26.3 Å². The van der Waals surface area contributed by atoms with Crippen molar-refractivity contribution >= 4 is 0 Å². The lowest BCUT2D eigenvalue weighted by Crippen LogP contribution is -2.36. The summed E-state index contributed by atoms with van der Waals surface area (Å²) in [5, 5.41) is 15.5. The average molecular weight is 158 g/mol. The van der Waals surface area contributed by atoms with Gasteiger partial charge in [-0.1, -0.05) is 0 Å². The Morgan fingerprint density at radius 3 is 3.09 bits per heavy atom. The lowest BCUT2D eigenvalue weighted by molar-refractivity contribution is 0.190. The lowest BCUT2D eigenvalue weighted by Gasteiger charge is -2.12. The van der Waals surface area contributed by atoms with Gasteiger partial charge in [0.15, 0.2) is 0 Å². The molecule has 1 aliphatic rings. The molecule has 0 saturated carbocycles. The maximum Gasteiger partial charge on any atom is 0.0636 e. The summed E-state index contributed by atoms with van der Waals surface area (Å²) in [5.74, 6) is 0. The number of aliphatic hydroxyl groups excluding tert-OH is 1. The Morgan fingerprint density at radius 2 is 2.55 bits per heavy atom. The fourth-order valence-corrected chi connectivity index (χ4v) is 1.40. The molecule has 0 aliphatic carbocycles. The molecule has 1 unspecified atom stereocenters. The third-order valence-corrected chi connectivity index (χ3v) is 1.99. The van der Waals surface area contributed by atoms with Crippen molar-refractivity contribution < 1.29 is 5.11 Å². The predicted octanol–water partition coefficient (Wildman–Crippen LogP) is -0.291. The molecule has 1 fully saturated rings. The maximum atomic E-state index is 8.94. The minimum atomic E-state index is -0.226. The van der Waals surface area contributed by atoms with E-state index in [2.05, 4.69) is 10.6 Å². The van der Waals surface area contributed by atoms with E-state index in [0.29, 0.717) is 12.6 Å². The van der Waals surface area contributed by atoms with Crippen LogP contribution in [-0.2, 0) is 0 Å². The minimum Gasteiger partial charge on any atom is -0.392 e. The molecule has 1 heterocycles. The summed E-state index contributed by atoms with van der Waals surface area (Å²) >= 11 is 0. The van der Waals surface area contributed by atoms with Crippen molar-refractivity contribution in [1.82, 2.24) is 10.6 Å². The van der Waals surface area contributed by atoms with Gasteiger partial charge in [0.1, 0.15) is 0 Å². The van der Waals surface area contributed by atoms with Crippen molar-refractivity contribution in [2.24, 2.45) is 0 Å². The highest BCUT2D eigenvalue weighted by atomic mass is 16.3. The van der Waals surface area contributed by atoms with Crippen LogP contribution in [0, 0.1) is 0 Å². The van der Waals surface area contributed by atoms with Gasteiger partial charge in [0, 0.05) is 19.1 Å². The summed E-state index contributed by atoms with van der Waals surface area (Å²) in [7, 11) is 0. The van der Waals surface area contributed by atoms with Crippen LogP contribution in [0.4, 0.5) is 0 Å². The number of hydrogen-bond donors (Lipinski definition) is 3. The minimum absolute atomic E-state index is 0.226. The molecule has 3 N–H and O–H groups in total. The Hall–Kier alpha value is -0.120. The average Bonchev–Trinajstić information content (AvgIpc) is 2.39. The first-order valence-corrected chi connectivity index (χ1v) is 4.41. The van der Waals surface area contributed by atoms with Crippen LogP contribution in [0.15, 0.2) is 0 Å². The van der Waals surface area contributed by atoms with E-state index in [4.69, 9.17) is 5.11 Å². The van der Waals surface area contributed by atoms with Gasteiger partial charge < -0.3 is 15.7 Å². The van der Waals surface area contributed by atoms with Gasteiger partial charge in [-0.2, -0.15) is 0 Å². The molecule has 1 aliphatic heterocycles. The smallest absolute Gasteiger partial charge is 0.0636 e. The Bertz CT molecular complexity index is 100. The van der Waals surface area contributed by atoms with Gasteiger partial charge >= 0.3 is 0 Å². The molecule has 0 bridgehead atoms. The predicted molar refractivity (Wildman–Crippen MR) is 45.6 cm³/mol. The van der Waals surface area contributed by atoms with E-state index in [9.17, 15) is 0 Å². The van der Waals surface area contributed by atoms with E-state index in [1.807, 2.05) is 0 Å². The van der Waals surface area contributed by atoms with Crippen LogP contribution in [0.1, 0.15) is 19.8 Å². The van der Waals surface area contributed by atoms with Crippen LogP contribution in [0.2, 0.25) is 0 Å². The molecule has 3 heteroatoms. The first-order chi connectivity index (χ1) is 5.29. The number of rotatable bonds is 4. The van der Waals surface area contributed by atoms with E-state index in [-0.39, 0.29) is 6.10 Å². The monoisotopic (exact) mass is 158 g/mol. The maximum absolute atomic E-state index is 8.94. The summed E-state index contributed by atoms with van der Waals surface area (Å²) in [6, 6.07) is 0.633. The molecule has 3 nitrogen and oxygen atoms in total. The first-order valence-electron chi connectivity index (χ1n) is 4.41. The van der Waals surface area contributed by atoms with Crippen molar-refractivity contribution in [3.63, 3.8) is 0 Å². The van der Waals surface area contributed by atoms with E-state index < -0.39 is 0 Å². The molecule has 0 aromatic carbocycles. The molecule has 1 rings (SSSR count). The van der Waals surface area contributed by atoms with E-state index in [1.165, 1.54) is 12.8 Å². The Morgan fingerprint density at radius 1 is 1.73 bits per heavy atom. The summed E-state index contributed by atoms with van der Waals surface area (Å²) in [6.07, 6.45) is 2.34. The van der Waals surface area contributed by atoms with E-state index in [1.54, 1.807) is 6.92 Å². The SMILES string of the molecule is C[C@H](O)CNCC1CCCN1. The fraction of sp³-hybridized carbons (Fsp3) is 1.00. The quantitative estimate of drug-likeness (QED) is 0.527. The molecule has 0 amide bonds. The van der Waals surface area contributed by atoms with Crippen molar-refractivity contribution in [3.8, 4) is 0 Å². The highest BCUT2D eigenvalue weighted by Crippen LogP contribution is 2.02. The Kier molecular flexibility index (Phi) is 3.83. The first kappa shape index (κ1) is 8.97. The summed E-state index contributed by atoms with van der Waals surface area (Å²) in [4.78, 5) is 0. The molecule has 0 radical (unpaired) electrons. The fourth-order valence-electron chi connectivity index (χ4n) is 1.40. The second-order valence-corrected chi connectivity index (χ2v) is 3.30. The van der Waals surface area contributed by atoms with E-state index in [0.717, 1.165) is 13.1 Å². The van der Waals surface area contributed by atoms with Crippen LogP contribution in [0.3, 0.4) is 0 Å². The number of hydrogen-bond acceptors (Lipinski definition) is 3. The zero-order valence-corrected chi connectivity index (χ0v) is 7.14. The van der Waals surface area contributed by atoms with Crippen LogP contribution >= 0.6 is 0 Å². The van der Waals surface area contributed by atoms with Crippen LogP contribution in [-0.4, -0.2) is 36.9 Å². The summed E-state index contributed by atoms with van der Waals surface area (Å²) in [5.41, 5.74) is 0. The highest BCUT2D eigenvalue weighted by molar-refractivity contribution is 4.76. The molecule has 2 atom stereocenters. The Labute approximate surface area is 68.2 Å².